The number of carbonyl (C=O) groups excluding carboxylic acids is 2. The molecule has 1 aromatic rings. The third kappa shape index (κ3) is 16.5. The molecular formula is C28H46N4O10. The first-order chi connectivity index (χ1) is 19.5. The molecule has 0 spiro atoms. The number of carboxylic acids is 3. The Hall–Kier alpha value is -3.75. The van der Waals surface area contributed by atoms with Gasteiger partial charge in [0.25, 0.3) is 0 Å². The van der Waals surface area contributed by atoms with Crippen LogP contribution in [0.3, 0.4) is 0 Å². The number of carbonyl (C=O) groups is 5. The van der Waals surface area contributed by atoms with Crippen molar-refractivity contribution < 1.29 is 48.8 Å². The van der Waals surface area contributed by atoms with Crippen molar-refractivity contribution in [3.63, 3.8) is 0 Å². The number of esters is 1. The molecule has 14 nitrogen and oxygen atoms in total. The number of hydrogen-bond donors (Lipinski definition) is 6. The van der Waals surface area contributed by atoms with E-state index in [0.717, 1.165) is 31.4 Å². The molecule has 238 valence electrons. The molecule has 0 unspecified atom stereocenters. The van der Waals surface area contributed by atoms with Crippen molar-refractivity contribution in [2.24, 2.45) is 11.5 Å². The quantitative estimate of drug-likeness (QED) is 0.255. The van der Waals surface area contributed by atoms with Crippen molar-refractivity contribution >= 4 is 30.0 Å². The first-order valence-electron chi connectivity index (χ1n) is 13.5. The standard InChI is InChI=1S/C10H17NO4.C10H13NO2.C5H9NO2.C3H7NO2/c1-10(2,3)15-9(14)11-6-4-5-7(11)8(12)13;1-13-10(12)9(11)7-8-5-3-2-4-6-8;7-5(8)4-2-1-3-6-4;1-2(4)3(5)6/h7H,4-6H2,1-3H3,(H,12,13);2-6,9H,7,11H2,1H3;4,6H,1-3H2,(H,7,8);2H,4H2,1H3,(H,5,6)/t7-;9-;4-;2-/m0000/s1. The molecule has 8 N–H and O–H groups in total. The summed E-state index contributed by atoms with van der Waals surface area (Å²) >= 11 is 0. The van der Waals surface area contributed by atoms with Gasteiger partial charge in [-0.3, -0.25) is 19.3 Å². The van der Waals surface area contributed by atoms with Crippen LogP contribution in [0, 0.1) is 0 Å². The van der Waals surface area contributed by atoms with Crippen molar-refractivity contribution in [3.05, 3.63) is 35.9 Å². The van der Waals surface area contributed by atoms with Crippen LogP contribution in [0.1, 0.15) is 58.9 Å². The molecule has 3 rings (SSSR count). The number of nitrogens with two attached hydrogens (primary N) is 2. The van der Waals surface area contributed by atoms with Crippen molar-refractivity contribution in [2.45, 2.75) is 89.6 Å². The van der Waals surface area contributed by atoms with Gasteiger partial charge in [0.15, 0.2) is 0 Å². The lowest BCUT2D eigenvalue weighted by Gasteiger charge is -2.26. The van der Waals surface area contributed by atoms with E-state index in [0.29, 0.717) is 19.4 Å². The smallest absolute Gasteiger partial charge is 0.411 e. The molecule has 1 amide bonds. The van der Waals surface area contributed by atoms with Gasteiger partial charge in [-0.2, -0.15) is 0 Å². The van der Waals surface area contributed by atoms with Crippen molar-refractivity contribution in [2.75, 3.05) is 20.2 Å². The molecule has 4 atom stereocenters. The maximum Gasteiger partial charge on any atom is 0.411 e. The highest BCUT2D eigenvalue weighted by Crippen LogP contribution is 2.20. The van der Waals surface area contributed by atoms with Crippen molar-refractivity contribution in [1.29, 1.82) is 0 Å². The number of likely N-dealkylation sites (tertiary alicyclic amines) is 1. The highest BCUT2D eigenvalue weighted by atomic mass is 16.6. The first-order valence-corrected chi connectivity index (χ1v) is 13.5. The molecule has 0 bridgehead atoms. The Bertz CT molecular complexity index is 992. The second-order valence-electron chi connectivity index (χ2n) is 10.6. The molecule has 2 aliphatic rings. The largest absolute Gasteiger partial charge is 0.480 e. The summed E-state index contributed by atoms with van der Waals surface area (Å²) in [5, 5.41) is 28.0. The van der Waals surface area contributed by atoms with Crippen molar-refractivity contribution in [1.82, 2.24) is 10.2 Å². The Balaban J connectivity index is 0.000000565. The molecule has 0 radical (unpaired) electrons. The predicted octanol–water partition coefficient (Wildman–Crippen LogP) is 1.44. The molecule has 14 heteroatoms. The molecule has 0 aromatic heterocycles. The summed E-state index contributed by atoms with van der Waals surface area (Å²) in [5.41, 5.74) is 10.9. The Morgan fingerprint density at radius 2 is 1.57 bits per heavy atom. The van der Waals surface area contributed by atoms with Gasteiger partial charge in [-0.15, -0.1) is 0 Å². The van der Waals surface area contributed by atoms with Gasteiger partial charge in [-0.05, 0) is 71.9 Å². The lowest BCUT2D eigenvalue weighted by Crippen LogP contribution is -2.43. The van der Waals surface area contributed by atoms with Gasteiger partial charge in [0.2, 0.25) is 0 Å². The SMILES string of the molecule is CC(C)(C)OC(=O)N1CCC[C@H]1C(=O)O.COC(=O)[C@@H](N)Cc1ccccc1.C[C@H](N)C(=O)O.O=C(O)[C@@H]1CCCN1. The topological polar surface area (TPSA) is 232 Å². The van der Waals surface area contributed by atoms with E-state index in [1.54, 1.807) is 20.8 Å². The summed E-state index contributed by atoms with van der Waals surface area (Å²) in [6, 6.07) is 7.34. The third-order valence-electron chi connectivity index (χ3n) is 5.72. The fourth-order valence-corrected chi connectivity index (χ4v) is 3.56. The normalized spacial score (nSPS) is 18.8. The van der Waals surface area contributed by atoms with E-state index in [4.69, 9.17) is 31.5 Å². The van der Waals surface area contributed by atoms with Gasteiger partial charge in [-0.25, -0.2) is 9.59 Å². The summed E-state index contributed by atoms with van der Waals surface area (Å²) in [4.78, 5) is 54.4. The molecule has 1 aromatic carbocycles. The van der Waals surface area contributed by atoms with Crippen LogP contribution in [0.25, 0.3) is 0 Å². The maximum atomic E-state index is 11.6. The number of rotatable bonds is 6. The van der Waals surface area contributed by atoms with Gasteiger partial charge < -0.3 is 41.6 Å². The van der Waals surface area contributed by atoms with Crippen LogP contribution in [0.15, 0.2) is 30.3 Å². The summed E-state index contributed by atoms with van der Waals surface area (Å²) in [6.07, 6.45) is 3.00. The number of carboxylic acid groups (broad SMARTS) is 3. The van der Waals surface area contributed by atoms with E-state index >= 15 is 0 Å². The number of amides is 1. The number of methoxy groups -OCH3 is 1. The average molecular weight is 599 g/mol. The van der Waals surface area contributed by atoms with E-state index in [1.807, 2.05) is 30.3 Å². The highest BCUT2D eigenvalue weighted by Gasteiger charge is 2.36. The van der Waals surface area contributed by atoms with Crippen LogP contribution in [0.4, 0.5) is 4.79 Å². The molecule has 2 heterocycles. The minimum Gasteiger partial charge on any atom is -0.480 e. The van der Waals surface area contributed by atoms with Crippen LogP contribution in [-0.4, -0.2) is 100 Å². The number of hydrogen-bond acceptors (Lipinski definition) is 10. The Kier molecular flexibility index (Phi) is 17.7. The molecule has 42 heavy (non-hydrogen) atoms. The minimum absolute atomic E-state index is 0.269. The number of ether oxygens (including phenoxy) is 2. The summed E-state index contributed by atoms with van der Waals surface area (Å²) in [5.74, 6) is -3.01. The van der Waals surface area contributed by atoms with E-state index in [-0.39, 0.29) is 12.0 Å². The van der Waals surface area contributed by atoms with Gasteiger partial charge in [-0.1, -0.05) is 30.3 Å². The first kappa shape index (κ1) is 38.2. The third-order valence-corrected chi connectivity index (χ3v) is 5.72. The Labute approximate surface area is 246 Å². The summed E-state index contributed by atoms with van der Waals surface area (Å²) in [6.45, 7) is 8.02. The lowest BCUT2D eigenvalue weighted by atomic mass is 10.1. The molecule has 0 saturated carbocycles. The van der Waals surface area contributed by atoms with E-state index in [2.05, 4.69) is 10.1 Å². The lowest BCUT2D eigenvalue weighted by molar-refractivity contribution is -0.142. The molecule has 0 aliphatic carbocycles. The van der Waals surface area contributed by atoms with Crippen LogP contribution in [-0.2, 0) is 35.1 Å². The van der Waals surface area contributed by atoms with Gasteiger partial charge >= 0.3 is 30.0 Å². The van der Waals surface area contributed by atoms with E-state index in [9.17, 15) is 24.0 Å². The van der Waals surface area contributed by atoms with Crippen LogP contribution >= 0.6 is 0 Å². The molecule has 2 saturated heterocycles. The Morgan fingerprint density at radius 1 is 1.00 bits per heavy atom. The molecule has 2 aliphatic heterocycles. The monoisotopic (exact) mass is 598 g/mol. The zero-order chi connectivity index (χ0) is 32.5. The number of benzene rings is 1. The average Bonchev–Trinajstić information content (AvgIpc) is 3.62. The van der Waals surface area contributed by atoms with Crippen molar-refractivity contribution in [3.8, 4) is 0 Å². The Morgan fingerprint density at radius 3 is 1.95 bits per heavy atom. The fraction of sp³-hybridized carbons (Fsp3) is 0.607. The number of nitrogens with zero attached hydrogens (tertiary/aromatic N) is 1. The van der Waals surface area contributed by atoms with Crippen LogP contribution in [0.2, 0.25) is 0 Å². The molecular weight excluding hydrogens is 552 g/mol. The highest BCUT2D eigenvalue weighted by molar-refractivity contribution is 5.80. The molecule has 2 fully saturated rings. The number of nitrogens with one attached hydrogen (secondary N) is 1. The summed E-state index contributed by atoms with van der Waals surface area (Å²) in [7, 11) is 1.34. The van der Waals surface area contributed by atoms with E-state index in [1.165, 1.54) is 18.9 Å². The van der Waals surface area contributed by atoms with Crippen LogP contribution < -0.4 is 16.8 Å². The fourth-order valence-electron chi connectivity index (χ4n) is 3.56. The zero-order valence-corrected chi connectivity index (χ0v) is 24.9. The van der Waals surface area contributed by atoms with Gasteiger partial charge in [0.1, 0.15) is 29.8 Å². The maximum absolute atomic E-state index is 11.6. The predicted molar refractivity (Wildman–Crippen MR) is 154 cm³/mol. The minimum atomic E-state index is -0.963. The second-order valence-corrected chi connectivity index (χ2v) is 10.6. The van der Waals surface area contributed by atoms with E-state index < -0.39 is 47.7 Å². The number of aliphatic carboxylic acids is 3. The van der Waals surface area contributed by atoms with Gasteiger partial charge in [0, 0.05) is 6.54 Å². The van der Waals surface area contributed by atoms with Crippen LogP contribution in [0.5, 0.6) is 0 Å². The zero-order valence-electron chi connectivity index (χ0n) is 24.9. The second kappa shape index (κ2) is 19.4. The summed E-state index contributed by atoms with van der Waals surface area (Å²) < 4.78 is 9.65. The van der Waals surface area contributed by atoms with Gasteiger partial charge in [0.05, 0.1) is 7.11 Å².